The molecule has 0 amide bonds. The molecule has 0 fully saturated rings. The van der Waals surface area contributed by atoms with E-state index in [9.17, 15) is 0 Å². The van der Waals surface area contributed by atoms with Gasteiger partial charge in [0.1, 0.15) is 0 Å². The van der Waals surface area contributed by atoms with Crippen LogP contribution in [0.2, 0.25) is 0 Å². The van der Waals surface area contributed by atoms with Crippen molar-refractivity contribution in [2.24, 2.45) is 0 Å². The first-order chi connectivity index (χ1) is 27.1. The predicted molar refractivity (Wildman–Crippen MR) is 253 cm³/mol. The van der Waals surface area contributed by atoms with Crippen molar-refractivity contribution >= 4 is 57.3 Å². The Hall–Kier alpha value is -4.93. The molecule has 2 aliphatic rings. The minimum absolute atomic E-state index is 0. The van der Waals surface area contributed by atoms with E-state index in [1.54, 1.807) is 0 Å². The third-order valence-electron chi connectivity index (χ3n) is 11.9. The van der Waals surface area contributed by atoms with Crippen LogP contribution in [-0.4, -0.2) is 6.54 Å². The SMILES string of the molecule is CCCCC(/C=C(\CCC/C=C(\C)c1ccccc1)c1ccc(-c2ccc(N3CC4(C=CC=CC4)c4ccccc43)cc2)cc1)c1cccc2ccccc12.I. The maximum Gasteiger partial charge on any atom is 0.0453 e. The molecular formula is C54H54IN. The minimum Gasteiger partial charge on any atom is -0.340 e. The van der Waals surface area contributed by atoms with Crippen LogP contribution in [0.1, 0.15) is 87.0 Å². The molecule has 1 heterocycles. The highest BCUT2D eigenvalue weighted by Gasteiger charge is 2.40. The van der Waals surface area contributed by atoms with Crippen molar-refractivity contribution in [1.82, 2.24) is 0 Å². The number of hydrogen-bond acceptors (Lipinski definition) is 1. The van der Waals surface area contributed by atoms with Gasteiger partial charge in [0, 0.05) is 29.3 Å². The van der Waals surface area contributed by atoms with Gasteiger partial charge in [0.15, 0.2) is 0 Å². The Morgan fingerprint density at radius 3 is 2.20 bits per heavy atom. The second kappa shape index (κ2) is 18.3. The van der Waals surface area contributed by atoms with Crippen LogP contribution in [0.15, 0.2) is 182 Å². The smallest absolute Gasteiger partial charge is 0.0453 e. The molecule has 0 saturated heterocycles. The van der Waals surface area contributed by atoms with Crippen molar-refractivity contribution in [1.29, 1.82) is 0 Å². The van der Waals surface area contributed by atoms with Gasteiger partial charge < -0.3 is 4.90 Å². The second-order valence-electron chi connectivity index (χ2n) is 15.5. The second-order valence-corrected chi connectivity index (χ2v) is 15.5. The van der Waals surface area contributed by atoms with Crippen LogP contribution in [0.5, 0.6) is 0 Å². The van der Waals surface area contributed by atoms with Crippen LogP contribution in [0, 0.1) is 0 Å². The van der Waals surface area contributed by atoms with Crippen LogP contribution in [0.3, 0.4) is 0 Å². The standard InChI is InChI=1S/C54H53N.HI/c1-3-4-19-48(51-26-17-24-46-22-11-12-25-50(46)51)39-47(23-10-9-18-41(2)42-20-7-5-8-21-42)45-31-29-43(30-32-45)44-33-35-49(36-34-44)55-40-54(37-15-6-16-38-54)52-27-13-14-28-53(52)55;/h5-8,11-18,20-22,24-37,39,48H,3-4,9-10,19,23,38,40H2,1-2H3;1H/b41-18+,47-39+;. The Balaban J connectivity index is 0.00000480. The van der Waals surface area contributed by atoms with E-state index in [4.69, 9.17) is 0 Å². The summed E-state index contributed by atoms with van der Waals surface area (Å²) in [5, 5.41) is 2.70. The number of anilines is 2. The molecule has 0 N–H and O–H groups in total. The van der Waals surface area contributed by atoms with E-state index in [2.05, 4.69) is 201 Å². The van der Waals surface area contributed by atoms with Crippen molar-refractivity contribution in [3.63, 3.8) is 0 Å². The van der Waals surface area contributed by atoms with E-state index >= 15 is 0 Å². The molecule has 56 heavy (non-hydrogen) atoms. The number of hydrogen-bond donors (Lipinski definition) is 0. The normalized spacial score (nSPS) is 16.9. The number of unbranched alkanes of at least 4 members (excludes halogenated alkanes) is 2. The number of benzene rings is 6. The van der Waals surface area contributed by atoms with Crippen LogP contribution in [-0.2, 0) is 5.41 Å². The average Bonchev–Trinajstić information content (AvgIpc) is 3.56. The molecule has 1 spiro atoms. The van der Waals surface area contributed by atoms with Gasteiger partial charge in [-0.1, -0.05) is 184 Å². The largest absolute Gasteiger partial charge is 0.340 e. The summed E-state index contributed by atoms with van der Waals surface area (Å²) in [6.07, 6.45) is 22.0. The molecule has 2 heteroatoms. The number of rotatable bonds is 13. The van der Waals surface area contributed by atoms with Crippen molar-refractivity contribution in [2.75, 3.05) is 11.4 Å². The first-order valence-corrected chi connectivity index (χ1v) is 20.4. The van der Waals surface area contributed by atoms with Gasteiger partial charge in [-0.25, -0.2) is 0 Å². The van der Waals surface area contributed by atoms with Crippen molar-refractivity contribution in [2.45, 2.75) is 70.1 Å². The summed E-state index contributed by atoms with van der Waals surface area (Å²) >= 11 is 0. The lowest BCUT2D eigenvalue weighted by atomic mass is 9.77. The Kier molecular flexibility index (Phi) is 12.9. The highest BCUT2D eigenvalue weighted by molar-refractivity contribution is 14.0. The quantitative estimate of drug-likeness (QED) is 0.0827. The molecule has 0 aromatic heterocycles. The summed E-state index contributed by atoms with van der Waals surface area (Å²) in [7, 11) is 0. The maximum absolute atomic E-state index is 2.62. The lowest BCUT2D eigenvalue weighted by molar-refractivity contribution is 0.579. The third kappa shape index (κ3) is 8.56. The molecule has 282 valence electrons. The van der Waals surface area contributed by atoms with E-state index in [1.165, 1.54) is 79.5 Å². The zero-order chi connectivity index (χ0) is 37.5. The molecule has 0 saturated carbocycles. The summed E-state index contributed by atoms with van der Waals surface area (Å²) < 4.78 is 0. The molecule has 2 atom stereocenters. The zero-order valence-corrected chi connectivity index (χ0v) is 35.2. The van der Waals surface area contributed by atoms with E-state index in [0.717, 1.165) is 38.6 Å². The molecule has 6 aromatic rings. The number of para-hydroxylation sites is 1. The average molecular weight is 844 g/mol. The van der Waals surface area contributed by atoms with Crippen molar-refractivity contribution in [3.8, 4) is 11.1 Å². The highest BCUT2D eigenvalue weighted by Crippen LogP contribution is 2.48. The van der Waals surface area contributed by atoms with Crippen LogP contribution < -0.4 is 4.90 Å². The minimum atomic E-state index is 0. The molecule has 2 unspecified atom stereocenters. The number of fused-ring (bicyclic) bond motifs is 3. The molecule has 8 rings (SSSR count). The van der Waals surface area contributed by atoms with E-state index < -0.39 is 0 Å². The van der Waals surface area contributed by atoms with Gasteiger partial charge in [0.05, 0.1) is 0 Å². The Bertz CT molecular complexity index is 2340. The number of allylic oxidation sites excluding steroid dienone is 7. The third-order valence-corrected chi connectivity index (χ3v) is 11.9. The fourth-order valence-electron chi connectivity index (χ4n) is 8.83. The van der Waals surface area contributed by atoms with Gasteiger partial charge in [-0.3, -0.25) is 0 Å². The number of nitrogens with zero attached hydrogens (tertiary/aromatic N) is 1. The van der Waals surface area contributed by atoms with Crippen molar-refractivity contribution < 1.29 is 0 Å². The predicted octanol–water partition coefficient (Wildman–Crippen LogP) is 15.7. The van der Waals surface area contributed by atoms with E-state index in [0.29, 0.717) is 5.92 Å². The molecule has 0 radical (unpaired) electrons. The molecule has 1 nitrogen and oxygen atoms in total. The molecule has 1 aliphatic heterocycles. The molecule has 0 bridgehead atoms. The van der Waals surface area contributed by atoms with E-state index in [1.807, 2.05) is 0 Å². The maximum atomic E-state index is 2.62. The van der Waals surface area contributed by atoms with Gasteiger partial charge in [-0.15, -0.1) is 24.0 Å². The van der Waals surface area contributed by atoms with Gasteiger partial charge in [-0.05, 0) is 113 Å². The monoisotopic (exact) mass is 843 g/mol. The van der Waals surface area contributed by atoms with E-state index in [-0.39, 0.29) is 29.4 Å². The summed E-state index contributed by atoms with van der Waals surface area (Å²) in [5.41, 5.74) is 13.5. The molecule has 1 aliphatic carbocycles. The summed E-state index contributed by atoms with van der Waals surface area (Å²) in [6, 6.07) is 54.1. The van der Waals surface area contributed by atoms with Crippen LogP contribution >= 0.6 is 24.0 Å². The fraction of sp³-hybridized carbons (Fsp3) is 0.222. The number of halogens is 1. The molecule has 6 aromatic carbocycles. The summed E-state index contributed by atoms with van der Waals surface area (Å²) in [4.78, 5) is 2.50. The van der Waals surface area contributed by atoms with Crippen molar-refractivity contribution in [3.05, 3.63) is 204 Å². The highest BCUT2D eigenvalue weighted by atomic mass is 127. The first-order valence-electron chi connectivity index (χ1n) is 20.4. The van der Waals surface area contributed by atoms with Crippen LogP contribution in [0.4, 0.5) is 11.4 Å². The van der Waals surface area contributed by atoms with Gasteiger partial charge in [0.25, 0.3) is 0 Å². The summed E-state index contributed by atoms with van der Waals surface area (Å²) in [6.45, 7) is 5.52. The lowest BCUT2D eigenvalue weighted by Crippen LogP contribution is -2.30. The summed E-state index contributed by atoms with van der Waals surface area (Å²) in [5.74, 6) is 0.366. The zero-order valence-electron chi connectivity index (χ0n) is 32.9. The van der Waals surface area contributed by atoms with Crippen LogP contribution in [0.25, 0.3) is 33.0 Å². The Morgan fingerprint density at radius 2 is 1.43 bits per heavy atom. The van der Waals surface area contributed by atoms with Gasteiger partial charge in [-0.2, -0.15) is 0 Å². The molecular weight excluding hydrogens is 790 g/mol. The fourth-order valence-corrected chi connectivity index (χ4v) is 8.83. The topological polar surface area (TPSA) is 3.24 Å². The lowest BCUT2D eigenvalue weighted by Gasteiger charge is -2.28. The first kappa shape index (κ1) is 39.3. The Labute approximate surface area is 352 Å². The Morgan fingerprint density at radius 1 is 0.714 bits per heavy atom. The van der Waals surface area contributed by atoms with Gasteiger partial charge >= 0.3 is 0 Å². The van der Waals surface area contributed by atoms with Gasteiger partial charge in [0.2, 0.25) is 0 Å².